The van der Waals surface area contributed by atoms with Gasteiger partial charge in [0.1, 0.15) is 6.04 Å². The molecule has 0 spiro atoms. The standard InChI is InChI=1S/C13H19NO3/c1-10(12(15)17-3)14-9-13(2,16)11-7-5-4-6-8-11/h4-8,10,14,16H,9H2,1-3H3. The molecule has 2 unspecified atom stereocenters. The molecule has 0 amide bonds. The summed E-state index contributed by atoms with van der Waals surface area (Å²) in [6.45, 7) is 3.69. The van der Waals surface area contributed by atoms with Gasteiger partial charge in [-0.25, -0.2) is 0 Å². The Labute approximate surface area is 102 Å². The number of hydrogen-bond donors (Lipinski definition) is 2. The maximum atomic E-state index is 11.2. The maximum absolute atomic E-state index is 11.2. The van der Waals surface area contributed by atoms with Crippen LogP contribution < -0.4 is 5.32 Å². The third-order valence-electron chi connectivity index (χ3n) is 2.70. The molecule has 0 bridgehead atoms. The monoisotopic (exact) mass is 237 g/mol. The van der Waals surface area contributed by atoms with Crippen LogP contribution in [0, 0.1) is 0 Å². The zero-order valence-corrected chi connectivity index (χ0v) is 10.4. The molecule has 4 heteroatoms. The number of ether oxygens (including phenoxy) is 1. The maximum Gasteiger partial charge on any atom is 0.322 e. The van der Waals surface area contributed by atoms with E-state index in [0.29, 0.717) is 0 Å². The van der Waals surface area contributed by atoms with Gasteiger partial charge in [0.15, 0.2) is 0 Å². The van der Waals surface area contributed by atoms with E-state index in [1.165, 1.54) is 7.11 Å². The lowest BCUT2D eigenvalue weighted by Gasteiger charge is -2.25. The van der Waals surface area contributed by atoms with Crippen molar-refractivity contribution in [1.82, 2.24) is 5.32 Å². The lowest BCUT2D eigenvalue weighted by molar-refractivity contribution is -0.142. The highest BCUT2D eigenvalue weighted by molar-refractivity contribution is 5.75. The highest BCUT2D eigenvalue weighted by Gasteiger charge is 2.24. The zero-order chi connectivity index (χ0) is 12.9. The molecule has 1 rings (SSSR count). The van der Waals surface area contributed by atoms with Crippen molar-refractivity contribution in [3.8, 4) is 0 Å². The first-order valence-corrected chi connectivity index (χ1v) is 5.56. The molecule has 0 aliphatic carbocycles. The average Bonchev–Trinajstić information content (AvgIpc) is 2.36. The predicted molar refractivity (Wildman–Crippen MR) is 65.5 cm³/mol. The van der Waals surface area contributed by atoms with E-state index in [1.54, 1.807) is 13.8 Å². The van der Waals surface area contributed by atoms with Crippen LogP contribution in [-0.4, -0.2) is 30.8 Å². The number of methoxy groups -OCH3 is 1. The SMILES string of the molecule is COC(=O)C(C)NCC(C)(O)c1ccccc1. The van der Waals surface area contributed by atoms with Gasteiger partial charge in [-0.3, -0.25) is 4.79 Å². The van der Waals surface area contributed by atoms with Gasteiger partial charge in [-0.2, -0.15) is 0 Å². The average molecular weight is 237 g/mol. The summed E-state index contributed by atoms with van der Waals surface area (Å²) in [6, 6.07) is 8.90. The Morgan fingerprint density at radius 2 is 2.06 bits per heavy atom. The van der Waals surface area contributed by atoms with Crippen molar-refractivity contribution >= 4 is 5.97 Å². The van der Waals surface area contributed by atoms with Crippen molar-refractivity contribution in [2.75, 3.05) is 13.7 Å². The van der Waals surface area contributed by atoms with Gasteiger partial charge in [0.25, 0.3) is 0 Å². The zero-order valence-electron chi connectivity index (χ0n) is 10.4. The van der Waals surface area contributed by atoms with E-state index in [9.17, 15) is 9.90 Å². The van der Waals surface area contributed by atoms with E-state index in [-0.39, 0.29) is 12.5 Å². The molecule has 4 nitrogen and oxygen atoms in total. The summed E-state index contributed by atoms with van der Waals surface area (Å²) in [7, 11) is 1.34. The van der Waals surface area contributed by atoms with Crippen molar-refractivity contribution in [3.63, 3.8) is 0 Å². The molecule has 0 saturated carbocycles. The predicted octanol–water partition coefficient (Wildman–Crippen LogP) is 1.05. The first kappa shape index (κ1) is 13.7. The van der Waals surface area contributed by atoms with Crippen LogP contribution in [0.15, 0.2) is 30.3 Å². The summed E-state index contributed by atoms with van der Waals surface area (Å²) in [5, 5.41) is 13.2. The van der Waals surface area contributed by atoms with Gasteiger partial charge < -0.3 is 15.2 Å². The van der Waals surface area contributed by atoms with Crippen LogP contribution in [0.25, 0.3) is 0 Å². The Morgan fingerprint density at radius 1 is 1.47 bits per heavy atom. The first-order chi connectivity index (χ1) is 7.97. The summed E-state index contributed by atoms with van der Waals surface area (Å²) in [6.07, 6.45) is 0. The first-order valence-electron chi connectivity index (χ1n) is 5.56. The molecule has 0 radical (unpaired) electrons. The summed E-state index contributed by atoms with van der Waals surface area (Å²) < 4.78 is 4.60. The number of aliphatic hydroxyl groups is 1. The number of hydrogen-bond acceptors (Lipinski definition) is 4. The van der Waals surface area contributed by atoms with E-state index in [2.05, 4.69) is 10.1 Å². The lowest BCUT2D eigenvalue weighted by atomic mass is 9.96. The fraction of sp³-hybridized carbons (Fsp3) is 0.462. The van der Waals surface area contributed by atoms with Gasteiger partial charge in [0, 0.05) is 6.54 Å². The van der Waals surface area contributed by atoms with Crippen LogP contribution >= 0.6 is 0 Å². The number of rotatable bonds is 5. The Bertz CT molecular complexity index is 362. The smallest absolute Gasteiger partial charge is 0.322 e. The third kappa shape index (κ3) is 3.84. The summed E-state index contributed by atoms with van der Waals surface area (Å²) in [5.74, 6) is -0.339. The van der Waals surface area contributed by atoms with Crippen LogP contribution in [0.2, 0.25) is 0 Å². The Morgan fingerprint density at radius 3 is 2.59 bits per heavy atom. The molecule has 0 aliphatic heterocycles. The number of benzene rings is 1. The van der Waals surface area contributed by atoms with Crippen LogP contribution in [-0.2, 0) is 15.1 Å². The van der Waals surface area contributed by atoms with Gasteiger partial charge in [-0.15, -0.1) is 0 Å². The van der Waals surface area contributed by atoms with Gasteiger partial charge in [-0.05, 0) is 19.4 Å². The number of nitrogens with one attached hydrogen (secondary N) is 1. The van der Waals surface area contributed by atoms with Gasteiger partial charge in [-0.1, -0.05) is 30.3 Å². The molecule has 1 aromatic rings. The number of esters is 1. The number of carbonyl (C=O) groups excluding carboxylic acids is 1. The molecule has 94 valence electrons. The van der Waals surface area contributed by atoms with Crippen LogP contribution in [0.1, 0.15) is 19.4 Å². The molecule has 0 fully saturated rings. The van der Waals surface area contributed by atoms with E-state index in [1.807, 2.05) is 30.3 Å². The quantitative estimate of drug-likeness (QED) is 0.751. The molecule has 1 aromatic carbocycles. The second-order valence-electron chi connectivity index (χ2n) is 4.27. The molecule has 2 atom stereocenters. The van der Waals surface area contributed by atoms with Crippen molar-refractivity contribution in [2.24, 2.45) is 0 Å². The minimum Gasteiger partial charge on any atom is -0.468 e. The van der Waals surface area contributed by atoms with Gasteiger partial charge >= 0.3 is 5.97 Å². The second kappa shape index (κ2) is 5.80. The van der Waals surface area contributed by atoms with Crippen molar-refractivity contribution in [3.05, 3.63) is 35.9 Å². The minimum atomic E-state index is -1.01. The normalized spacial score (nSPS) is 16.0. The third-order valence-corrected chi connectivity index (χ3v) is 2.70. The lowest BCUT2D eigenvalue weighted by Crippen LogP contribution is -2.43. The van der Waals surface area contributed by atoms with E-state index >= 15 is 0 Å². The molecular formula is C13H19NO3. The van der Waals surface area contributed by atoms with E-state index in [0.717, 1.165) is 5.56 Å². The Balaban J connectivity index is 2.59. The van der Waals surface area contributed by atoms with E-state index in [4.69, 9.17) is 0 Å². The van der Waals surface area contributed by atoms with Gasteiger partial charge in [0.05, 0.1) is 12.7 Å². The molecule has 2 N–H and O–H groups in total. The molecule has 0 saturated heterocycles. The van der Waals surface area contributed by atoms with E-state index < -0.39 is 11.6 Å². The van der Waals surface area contributed by atoms with Crippen LogP contribution in [0.5, 0.6) is 0 Å². The highest BCUT2D eigenvalue weighted by Crippen LogP contribution is 2.19. The summed E-state index contributed by atoms with van der Waals surface area (Å²) >= 11 is 0. The fourth-order valence-corrected chi connectivity index (χ4v) is 1.51. The van der Waals surface area contributed by atoms with Crippen molar-refractivity contribution < 1.29 is 14.6 Å². The Kier molecular flexibility index (Phi) is 4.66. The molecule has 17 heavy (non-hydrogen) atoms. The second-order valence-corrected chi connectivity index (χ2v) is 4.27. The Hall–Kier alpha value is -1.39. The van der Waals surface area contributed by atoms with Crippen molar-refractivity contribution in [2.45, 2.75) is 25.5 Å². The minimum absolute atomic E-state index is 0.285. The highest BCUT2D eigenvalue weighted by atomic mass is 16.5. The largest absolute Gasteiger partial charge is 0.468 e. The number of carbonyl (C=O) groups is 1. The molecule has 0 heterocycles. The summed E-state index contributed by atoms with van der Waals surface area (Å²) in [4.78, 5) is 11.2. The topological polar surface area (TPSA) is 58.6 Å². The van der Waals surface area contributed by atoms with Crippen molar-refractivity contribution in [1.29, 1.82) is 0 Å². The van der Waals surface area contributed by atoms with Crippen LogP contribution in [0.3, 0.4) is 0 Å². The molecular weight excluding hydrogens is 218 g/mol. The van der Waals surface area contributed by atoms with Crippen LogP contribution in [0.4, 0.5) is 0 Å². The summed E-state index contributed by atoms with van der Waals surface area (Å²) in [5.41, 5.74) is -0.201. The molecule has 0 aliphatic rings. The molecule has 0 aromatic heterocycles. The van der Waals surface area contributed by atoms with Gasteiger partial charge in [0.2, 0.25) is 0 Å². The fourth-order valence-electron chi connectivity index (χ4n) is 1.51.